The van der Waals surface area contributed by atoms with E-state index in [4.69, 9.17) is 23.2 Å². The molecule has 1 aliphatic rings. The summed E-state index contributed by atoms with van der Waals surface area (Å²) in [6.07, 6.45) is 1.74. The standard InChI is InChI=1S/C11H10Cl2N2O2/c1-6-2-10(16)15(11(6)17)5-7-4-14-9(13)3-8(7)12/h3-4,6H,2,5H2,1H3. The summed E-state index contributed by atoms with van der Waals surface area (Å²) in [4.78, 5) is 28.4. The predicted molar refractivity (Wildman–Crippen MR) is 63.6 cm³/mol. The number of likely N-dealkylation sites (tertiary alicyclic amines) is 1. The first-order chi connectivity index (χ1) is 7.99. The summed E-state index contributed by atoms with van der Waals surface area (Å²) >= 11 is 11.6. The third-order valence-electron chi connectivity index (χ3n) is 2.69. The lowest BCUT2D eigenvalue weighted by Gasteiger charge is -2.14. The lowest BCUT2D eigenvalue weighted by Crippen LogP contribution is -2.29. The van der Waals surface area contributed by atoms with Gasteiger partial charge in [0.15, 0.2) is 0 Å². The van der Waals surface area contributed by atoms with Crippen LogP contribution >= 0.6 is 23.2 Å². The molecule has 1 fully saturated rings. The first-order valence-corrected chi connectivity index (χ1v) is 5.88. The molecule has 0 radical (unpaired) electrons. The number of rotatable bonds is 2. The average Bonchev–Trinajstić information content (AvgIpc) is 2.48. The topological polar surface area (TPSA) is 50.3 Å². The second-order valence-corrected chi connectivity index (χ2v) is 4.82. The van der Waals surface area contributed by atoms with Crippen LogP contribution in [-0.4, -0.2) is 21.7 Å². The van der Waals surface area contributed by atoms with E-state index in [0.717, 1.165) is 0 Å². The molecule has 1 aromatic heterocycles. The average molecular weight is 273 g/mol. The van der Waals surface area contributed by atoms with E-state index < -0.39 is 0 Å². The fourth-order valence-electron chi connectivity index (χ4n) is 1.74. The maximum Gasteiger partial charge on any atom is 0.232 e. The Kier molecular flexibility index (Phi) is 3.35. The highest BCUT2D eigenvalue weighted by molar-refractivity contribution is 6.34. The Bertz CT molecular complexity index is 490. The Hall–Kier alpha value is -1.13. The molecule has 1 aromatic rings. The second kappa shape index (κ2) is 4.63. The summed E-state index contributed by atoms with van der Waals surface area (Å²) < 4.78 is 0. The number of halogens is 2. The van der Waals surface area contributed by atoms with Gasteiger partial charge in [0.25, 0.3) is 0 Å². The van der Waals surface area contributed by atoms with E-state index >= 15 is 0 Å². The minimum Gasteiger partial charge on any atom is -0.278 e. The van der Waals surface area contributed by atoms with Crippen molar-refractivity contribution in [3.8, 4) is 0 Å². The number of hydrogen-bond acceptors (Lipinski definition) is 3. The van der Waals surface area contributed by atoms with Gasteiger partial charge in [-0.25, -0.2) is 4.98 Å². The first kappa shape index (κ1) is 12.3. The van der Waals surface area contributed by atoms with Gasteiger partial charge in [-0.05, 0) is 6.07 Å². The SMILES string of the molecule is CC1CC(=O)N(Cc2cnc(Cl)cc2Cl)C1=O. The Morgan fingerprint density at radius 1 is 1.47 bits per heavy atom. The maximum absolute atomic E-state index is 11.7. The lowest BCUT2D eigenvalue weighted by atomic mass is 10.1. The molecule has 0 aliphatic carbocycles. The first-order valence-electron chi connectivity index (χ1n) is 5.13. The molecule has 1 atom stereocenters. The molecule has 2 rings (SSSR count). The van der Waals surface area contributed by atoms with Gasteiger partial charge in [0.1, 0.15) is 5.15 Å². The minimum absolute atomic E-state index is 0.158. The molecular formula is C11H10Cl2N2O2. The van der Waals surface area contributed by atoms with Crippen LogP contribution in [0.5, 0.6) is 0 Å². The van der Waals surface area contributed by atoms with Crippen molar-refractivity contribution >= 4 is 35.0 Å². The number of pyridine rings is 1. The van der Waals surface area contributed by atoms with Gasteiger partial charge in [0, 0.05) is 24.1 Å². The van der Waals surface area contributed by atoms with Gasteiger partial charge >= 0.3 is 0 Å². The molecule has 6 heteroatoms. The van der Waals surface area contributed by atoms with Gasteiger partial charge in [-0.3, -0.25) is 14.5 Å². The molecule has 0 spiro atoms. The summed E-state index contributed by atoms with van der Waals surface area (Å²) in [5, 5.41) is 0.691. The molecule has 0 saturated carbocycles. The van der Waals surface area contributed by atoms with Crippen LogP contribution in [0.15, 0.2) is 12.3 Å². The zero-order chi connectivity index (χ0) is 12.6. The van der Waals surface area contributed by atoms with E-state index in [1.165, 1.54) is 17.2 Å². The molecule has 1 saturated heterocycles. The number of carbonyl (C=O) groups is 2. The third kappa shape index (κ3) is 2.42. The highest BCUT2D eigenvalue weighted by atomic mass is 35.5. The van der Waals surface area contributed by atoms with Crippen LogP contribution in [0.3, 0.4) is 0 Å². The quantitative estimate of drug-likeness (QED) is 0.613. The van der Waals surface area contributed by atoms with Gasteiger partial charge in [-0.15, -0.1) is 0 Å². The van der Waals surface area contributed by atoms with Crippen molar-refractivity contribution in [3.05, 3.63) is 28.0 Å². The number of imide groups is 1. The molecule has 0 bridgehead atoms. The highest BCUT2D eigenvalue weighted by Crippen LogP contribution is 2.25. The van der Waals surface area contributed by atoms with E-state index in [1.807, 2.05) is 0 Å². The summed E-state index contributed by atoms with van der Waals surface area (Å²) in [6, 6.07) is 1.49. The van der Waals surface area contributed by atoms with Gasteiger partial charge in [0.2, 0.25) is 11.8 Å². The Labute approximate surface area is 109 Å². The molecule has 1 aliphatic heterocycles. The van der Waals surface area contributed by atoms with Crippen LogP contribution in [0.2, 0.25) is 10.2 Å². The highest BCUT2D eigenvalue weighted by Gasteiger charge is 2.35. The van der Waals surface area contributed by atoms with Gasteiger partial charge in [-0.1, -0.05) is 30.1 Å². The molecule has 17 heavy (non-hydrogen) atoms. The van der Waals surface area contributed by atoms with E-state index in [2.05, 4.69) is 4.98 Å². The van der Waals surface area contributed by atoms with Crippen LogP contribution in [-0.2, 0) is 16.1 Å². The molecule has 2 heterocycles. The van der Waals surface area contributed by atoms with Crippen molar-refractivity contribution in [1.82, 2.24) is 9.88 Å². The Morgan fingerprint density at radius 3 is 2.71 bits per heavy atom. The van der Waals surface area contributed by atoms with Crippen molar-refractivity contribution < 1.29 is 9.59 Å². The van der Waals surface area contributed by atoms with Gasteiger partial charge in [-0.2, -0.15) is 0 Å². The zero-order valence-electron chi connectivity index (χ0n) is 9.11. The fourth-order valence-corrected chi connectivity index (χ4v) is 2.16. The lowest BCUT2D eigenvalue weighted by molar-refractivity contribution is -0.139. The normalized spacial score (nSPS) is 20.2. The van der Waals surface area contributed by atoms with Crippen LogP contribution in [0, 0.1) is 5.92 Å². The van der Waals surface area contributed by atoms with E-state index in [9.17, 15) is 9.59 Å². The number of carbonyl (C=O) groups excluding carboxylic acids is 2. The third-order valence-corrected chi connectivity index (χ3v) is 3.25. The van der Waals surface area contributed by atoms with E-state index in [1.54, 1.807) is 6.92 Å². The molecule has 4 nitrogen and oxygen atoms in total. The largest absolute Gasteiger partial charge is 0.278 e. The van der Waals surface area contributed by atoms with Crippen molar-refractivity contribution in [2.24, 2.45) is 5.92 Å². The summed E-state index contributed by atoms with van der Waals surface area (Å²) in [5.41, 5.74) is 0.617. The summed E-state index contributed by atoms with van der Waals surface area (Å²) in [7, 11) is 0. The maximum atomic E-state index is 11.7. The van der Waals surface area contributed by atoms with Crippen LogP contribution in [0.4, 0.5) is 0 Å². The molecular weight excluding hydrogens is 263 g/mol. The Balaban J connectivity index is 2.21. The van der Waals surface area contributed by atoms with Crippen LogP contribution in [0.1, 0.15) is 18.9 Å². The van der Waals surface area contributed by atoms with Crippen molar-refractivity contribution in [2.75, 3.05) is 0 Å². The number of hydrogen-bond donors (Lipinski definition) is 0. The molecule has 0 N–H and O–H groups in total. The van der Waals surface area contributed by atoms with Gasteiger partial charge < -0.3 is 0 Å². The van der Waals surface area contributed by atoms with Crippen molar-refractivity contribution in [3.63, 3.8) is 0 Å². The smallest absolute Gasteiger partial charge is 0.232 e. The van der Waals surface area contributed by atoms with E-state index in [0.29, 0.717) is 10.6 Å². The summed E-state index contributed by atoms with van der Waals surface area (Å²) in [6.45, 7) is 1.90. The molecule has 0 aromatic carbocycles. The van der Waals surface area contributed by atoms with Crippen LogP contribution in [0.25, 0.3) is 0 Å². The van der Waals surface area contributed by atoms with Crippen molar-refractivity contribution in [1.29, 1.82) is 0 Å². The molecule has 90 valence electrons. The fraction of sp³-hybridized carbons (Fsp3) is 0.364. The second-order valence-electron chi connectivity index (χ2n) is 4.02. The predicted octanol–water partition coefficient (Wildman–Crippen LogP) is 2.28. The Morgan fingerprint density at radius 2 is 2.18 bits per heavy atom. The number of amides is 2. The summed E-state index contributed by atoms with van der Waals surface area (Å²) in [5.74, 6) is -0.587. The zero-order valence-corrected chi connectivity index (χ0v) is 10.6. The van der Waals surface area contributed by atoms with Crippen molar-refractivity contribution in [2.45, 2.75) is 19.9 Å². The minimum atomic E-state index is -0.249. The monoisotopic (exact) mass is 272 g/mol. The van der Waals surface area contributed by atoms with E-state index in [-0.39, 0.29) is 35.9 Å². The number of nitrogens with zero attached hydrogens (tertiary/aromatic N) is 2. The van der Waals surface area contributed by atoms with Crippen LogP contribution < -0.4 is 0 Å². The number of aromatic nitrogens is 1. The molecule has 2 amide bonds. The van der Waals surface area contributed by atoms with Gasteiger partial charge in [0.05, 0.1) is 11.6 Å². The molecule has 1 unspecified atom stereocenters.